The van der Waals surface area contributed by atoms with Crippen molar-refractivity contribution in [1.82, 2.24) is 0 Å². The van der Waals surface area contributed by atoms with Crippen LogP contribution in [0.4, 0.5) is 14.5 Å². The van der Waals surface area contributed by atoms with Crippen LogP contribution in [-0.2, 0) is 11.2 Å². The van der Waals surface area contributed by atoms with Gasteiger partial charge in [0.1, 0.15) is 5.75 Å². The number of hydrogen-bond donors (Lipinski definition) is 1. The van der Waals surface area contributed by atoms with Crippen LogP contribution in [0.1, 0.15) is 12.0 Å². The fourth-order valence-corrected chi connectivity index (χ4v) is 1.34. The third kappa shape index (κ3) is 3.96. The van der Waals surface area contributed by atoms with E-state index < -0.39 is 23.2 Å². The van der Waals surface area contributed by atoms with Gasteiger partial charge in [-0.2, -0.15) is 8.78 Å². The van der Waals surface area contributed by atoms with Crippen molar-refractivity contribution in [2.45, 2.75) is 19.5 Å². The van der Waals surface area contributed by atoms with Crippen molar-refractivity contribution in [1.29, 1.82) is 0 Å². The quantitative estimate of drug-likeness (QED) is 0.626. The number of carboxylic acids is 1. The Labute approximate surface area is 99.9 Å². The van der Waals surface area contributed by atoms with E-state index in [1.54, 1.807) is 0 Å². The van der Waals surface area contributed by atoms with E-state index in [0.29, 0.717) is 0 Å². The first kappa shape index (κ1) is 13.8. The van der Waals surface area contributed by atoms with Gasteiger partial charge in [-0.05, 0) is 18.6 Å². The highest BCUT2D eigenvalue weighted by atomic mass is 19.3. The van der Waals surface area contributed by atoms with Gasteiger partial charge in [-0.1, -0.05) is 0 Å². The number of hydrogen-bond acceptors (Lipinski definition) is 4. The van der Waals surface area contributed by atoms with Crippen molar-refractivity contribution < 1.29 is 28.3 Å². The van der Waals surface area contributed by atoms with Gasteiger partial charge in [0.05, 0.1) is 11.0 Å². The van der Waals surface area contributed by atoms with E-state index in [0.717, 1.165) is 12.1 Å². The van der Waals surface area contributed by atoms with E-state index in [2.05, 4.69) is 4.74 Å². The lowest BCUT2D eigenvalue weighted by atomic mass is 10.1. The Kier molecular flexibility index (Phi) is 4.52. The predicted octanol–water partition coefficient (Wildman–Crippen LogP) is 2.21. The molecular weight excluding hydrogens is 252 g/mol. The second kappa shape index (κ2) is 5.89. The first-order valence-corrected chi connectivity index (χ1v) is 4.84. The number of ether oxygens (including phenoxy) is 1. The summed E-state index contributed by atoms with van der Waals surface area (Å²) in [6.45, 7) is -3.07. The molecule has 1 aromatic rings. The molecule has 0 aromatic heterocycles. The normalized spacial score (nSPS) is 10.4. The first-order chi connectivity index (χ1) is 8.40. The summed E-state index contributed by atoms with van der Waals surface area (Å²) in [5.41, 5.74) is -0.279. The van der Waals surface area contributed by atoms with E-state index in [1.165, 1.54) is 6.07 Å². The summed E-state index contributed by atoms with van der Waals surface area (Å²) in [6.07, 6.45) is -0.337. The Morgan fingerprint density at radius 3 is 2.67 bits per heavy atom. The van der Waals surface area contributed by atoms with E-state index in [-0.39, 0.29) is 24.2 Å². The van der Waals surface area contributed by atoms with Crippen LogP contribution in [0.2, 0.25) is 0 Å². The minimum Gasteiger partial charge on any atom is -0.481 e. The van der Waals surface area contributed by atoms with Crippen LogP contribution in [0, 0.1) is 10.1 Å². The van der Waals surface area contributed by atoms with E-state index in [9.17, 15) is 23.7 Å². The fourth-order valence-electron chi connectivity index (χ4n) is 1.34. The number of benzene rings is 1. The highest BCUT2D eigenvalue weighted by Gasteiger charge is 2.17. The van der Waals surface area contributed by atoms with Crippen LogP contribution in [0.3, 0.4) is 0 Å². The van der Waals surface area contributed by atoms with Gasteiger partial charge in [0, 0.05) is 12.0 Å². The van der Waals surface area contributed by atoms with Crippen molar-refractivity contribution in [3.63, 3.8) is 0 Å². The third-order valence-corrected chi connectivity index (χ3v) is 2.09. The molecule has 1 N–H and O–H groups in total. The highest BCUT2D eigenvalue weighted by molar-refractivity contribution is 5.67. The van der Waals surface area contributed by atoms with E-state index >= 15 is 0 Å². The molecule has 1 rings (SSSR count). The molecule has 1 aromatic carbocycles. The number of aliphatic carboxylic acids is 1. The monoisotopic (exact) mass is 261 g/mol. The zero-order valence-corrected chi connectivity index (χ0v) is 9.01. The summed E-state index contributed by atoms with van der Waals surface area (Å²) < 4.78 is 27.9. The zero-order chi connectivity index (χ0) is 13.7. The topological polar surface area (TPSA) is 89.7 Å². The molecule has 0 spiro atoms. The number of aryl methyl sites for hydroxylation is 1. The molecule has 98 valence electrons. The molecule has 6 nitrogen and oxygen atoms in total. The maximum absolute atomic E-state index is 11.9. The van der Waals surface area contributed by atoms with Crippen molar-refractivity contribution in [2.24, 2.45) is 0 Å². The maximum Gasteiger partial charge on any atom is 0.387 e. The molecule has 0 unspecified atom stereocenters. The minimum atomic E-state index is -3.07. The standard InChI is InChI=1S/C10H9F2NO5/c11-10(12)18-7-3-1-6(2-4-9(14)15)8(5-7)13(16)17/h1,3,5,10H,2,4H2,(H,14,15). The van der Waals surface area contributed by atoms with Gasteiger partial charge >= 0.3 is 12.6 Å². The molecule has 0 amide bonds. The molecule has 0 saturated carbocycles. The SMILES string of the molecule is O=C(O)CCc1ccc(OC(F)F)cc1[N+](=O)[O-]. The number of halogens is 2. The van der Waals surface area contributed by atoms with Gasteiger partial charge in [-0.25, -0.2) is 0 Å². The van der Waals surface area contributed by atoms with Gasteiger partial charge in [-0.3, -0.25) is 14.9 Å². The minimum absolute atomic E-state index is 0.0550. The largest absolute Gasteiger partial charge is 0.481 e. The fraction of sp³-hybridized carbons (Fsp3) is 0.300. The van der Waals surface area contributed by atoms with Gasteiger partial charge in [-0.15, -0.1) is 0 Å². The van der Waals surface area contributed by atoms with E-state index in [4.69, 9.17) is 5.11 Å². The Bertz CT molecular complexity index is 464. The van der Waals surface area contributed by atoms with Gasteiger partial charge in [0.2, 0.25) is 0 Å². The third-order valence-electron chi connectivity index (χ3n) is 2.09. The molecule has 8 heteroatoms. The number of alkyl halides is 2. The molecule has 0 bridgehead atoms. The molecule has 0 atom stereocenters. The van der Waals surface area contributed by atoms with Crippen LogP contribution >= 0.6 is 0 Å². The predicted molar refractivity (Wildman–Crippen MR) is 55.7 cm³/mol. The molecule has 18 heavy (non-hydrogen) atoms. The second-order valence-electron chi connectivity index (χ2n) is 3.32. The van der Waals surface area contributed by atoms with Crippen LogP contribution in [0.5, 0.6) is 5.75 Å². The van der Waals surface area contributed by atoms with Crippen molar-refractivity contribution >= 4 is 11.7 Å². The number of nitrogens with zero attached hydrogens (tertiary/aromatic N) is 1. The lowest BCUT2D eigenvalue weighted by Gasteiger charge is -2.06. The lowest BCUT2D eigenvalue weighted by molar-refractivity contribution is -0.385. The summed E-state index contributed by atoms with van der Waals surface area (Å²) in [4.78, 5) is 20.3. The van der Waals surface area contributed by atoms with Crippen molar-refractivity contribution in [2.75, 3.05) is 0 Å². The maximum atomic E-state index is 11.9. The molecule has 0 saturated heterocycles. The molecule has 0 aliphatic heterocycles. The van der Waals surface area contributed by atoms with Crippen molar-refractivity contribution in [3.05, 3.63) is 33.9 Å². The highest BCUT2D eigenvalue weighted by Crippen LogP contribution is 2.26. The van der Waals surface area contributed by atoms with Crippen LogP contribution < -0.4 is 4.74 Å². The van der Waals surface area contributed by atoms with Gasteiger partial charge in [0.25, 0.3) is 5.69 Å². The molecule has 0 aliphatic carbocycles. The Morgan fingerprint density at radius 2 is 2.17 bits per heavy atom. The average Bonchev–Trinajstić information content (AvgIpc) is 2.26. The Balaban J connectivity index is 2.97. The summed E-state index contributed by atoms with van der Waals surface area (Å²) >= 11 is 0. The molecular formula is C10H9F2NO5. The molecule has 0 heterocycles. The zero-order valence-electron chi connectivity index (χ0n) is 9.01. The summed E-state index contributed by atoms with van der Waals surface area (Å²) in [5, 5.41) is 19.2. The number of carboxylic acid groups (broad SMARTS) is 1. The Hall–Kier alpha value is -2.25. The number of nitro groups is 1. The van der Waals surface area contributed by atoms with E-state index in [1.807, 2.05) is 0 Å². The lowest BCUT2D eigenvalue weighted by Crippen LogP contribution is -2.04. The first-order valence-electron chi connectivity index (χ1n) is 4.84. The van der Waals surface area contributed by atoms with Crippen LogP contribution in [0.15, 0.2) is 18.2 Å². The van der Waals surface area contributed by atoms with Gasteiger partial charge < -0.3 is 9.84 Å². The summed E-state index contributed by atoms with van der Waals surface area (Å²) in [5.74, 6) is -1.44. The summed E-state index contributed by atoms with van der Waals surface area (Å²) in [6, 6.07) is 3.19. The number of nitro benzene ring substituents is 1. The van der Waals surface area contributed by atoms with Gasteiger partial charge in [0.15, 0.2) is 0 Å². The number of rotatable bonds is 6. The molecule has 0 radical (unpaired) electrons. The van der Waals surface area contributed by atoms with Crippen LogP contribution in [-0.4, -0.2) is 22.6 Å². The second-order valence-corrected chi connectivity index (χ2v) is 3.32. The summed E-state index contributed by atoms with van der Waals surface area (Å²) in [7, 11) is 0. The number of carbonyl (C=O) groups is 1. The molecule has 0 fully saturated rings. The molecule has 0 aliphatic rings. The average molecular weight is 261 g/mol. The Morgan fingerprint density at radius 1 is 1.50 bits per heavy atom. The van der Waals surface area contributed by atoms with Crippen LogP contribution in [0.25, 0.3) is 0 Å². The van der Waals surface area contributed by atoms with Crippen molar-refractivity contribution in [3.8, 4) is 5.75 Å². The smallest absolute Gasteiger partial charge is 0.387 e.